The molecule has 0 saturated carbocycles. The Hall–Kier alpha value is -2.60. The lowest BCUT2D eigenvalue weighted by molar-refractivity contribution is 0.102. The highest BCUT2D eigenvalue weighted by molar-refractivity contribution is 6.32. The van der Waals surface area contributed by atoms with Crippen molar-refractivity contribution >= 4 is 23.2 Å². The summed E-state index contributed by atoms with van der Waals surface area (Å²) in [6.07, 6.45) is 4.76. The summed E-state index contributed by atoms with van der Waals surface area (Å²) in [4.78, 5) is 12.1. The molecule has 21 heavy (non-hydrogen) atoms. The van der Waals surface area contributed by atoms with Gasteiger partial charge in [0.25, 0.3) is 5.91 Å². The largest absolute Gasteiger partial charge is 0.319 e. The molecule has 0 aliphatic heterocycles. The fraction of sp³-hybridized carbons (Fsp3) is 0.0714. The summed E-state index contributed by atoms with van der Waals surface area (Å²) < 4.78 is 1.61. The maximum absolute atomic E-state index is 12.1. The van der Waals surface area contributed by atoms with E-state index in [-0.39, 0.29) is 5.91 Å². The molecule has 0 saturated heterocycles. The molecular formula is C14H12ClN5O. The van der Waals surface area contributed by atoms with Crippen LogP contribution < -0.4 is 5.32 Å². The SMILES string of the molecule is Cc1[nH]ncc1C(=O)Nc1cnn(-c2ccccc2Cl)c1. The zero-order valence-corrected chi connectivity index (χ0v) is 11.9. The number of para-hydroxylation sites is 1. The van der Waals surface area contributed by atoms with Gasteiger partial charge in [-0.3, -0.25) is 9.89 Å². The Labute approximate surface area is 125 Å². The summed E-state index contributed by atoms with van der Waals surface area (Å²) in [5, 5.41) is 14.1. The molecule has 2 N–H and O–H groups in total. The fourth-order valence-corrected chi connectivity index (χ4v) is 2.16. The second-order valence-electron chi connectivity index (χ2n) is 4.49. The highest BCUT2D eigenvalue weighted by atomic mass is 35.5. The van der Waals surface area contributed by atoms with Crippen molar-refractivity contribution in [2.45, 2.75) is 6.92 Å². The first-order valence-electron chi connectivity index (χ1n) is 6.26. The minimum atomic E-state index is -0.236. The number of rotatable bonds is 3. The van der Waals surface area contributed by atoms with Crippen molar-refractivity contribution in [3.8, 4) is 5.69 Å². The maximum Gasteiger partial charge on any atom is 0.259 e. The van der Waals surface area contributed by atoms with Gasteiger partial charge < -0.3 is 5.32 Å². The van der Waals surface area contributed by atoms with Crippen molar-refractivity contribution in [1.29, 1.82) is 0 Å². The molecule has 0 unspecified atom stereocenters. The van der Waals surface area contributed by atoms with Gasteiger partial charge in [-0.1, -0.05) is 23.7 Å². The zero-order valence-electron chi connectivity index (χ0n) is 11.2. The molecule has 6 nitrogen and oxygen atoms in total. The molecule has 1 amide bonds. The van der Waals surface area contributed by atoms with Crippen LogP contribution in [0, 0.1) is 6.92 Å². The van der Waals surface area contributed by atoms with Crippen molar-refractivity contribution in [3.63, 3.8) is 0 Å². The minimum Gasteiger partial charge on any atom is -0.319 e. The lowest BCUT2D eigenvalue weighted by atomic mass is 10.2. The second kappa shape index (κ2) is 5.41. The number of carbonyl (C=O) groups excluding carboxylic acids is 1. The molecule has 0 aliphatic rings. The first-order chi connectivity index (χ1) is 10.1. The van der Waals surface area contributed by atoms with E-state index in [1.807, 2.05) is 18.2 Å². The Morgan fingerprint density at radius 1 is 1.33 bits per heavy atom. The number of carbonyl (C=O) groups is 1. The van der Waals surface area contributed by atoms with Crippen LogP contribution in [0.25, 0.3) is 5.69 Å². The molecule has 106 valence electrons. The lowest BCUT2D eigenvalue weighted by Crippen LogP contribution is -2.11. The third kappa shape index (κ3) is 2.66. The van der Waals surface area contributed by atoms with Crippen molar-refractivity contribution in [2.24, 2.45) is 0 Å². The first kappa shape index (κ1) is 13.4. The predicted octanol–water partition coefficient (Wildman–Crippen LogP) is 2.81. The van der Waals surface area contributed by atoms with E-state index in [1.165, 1.54) is 6.20 Å². The highest BCUT2D eigenvalue weighted by Crippen LogP contribution is 2.20. The van der Waals surface area contributed by atoms with Gasteiger partial charge in [-0.15, -0.1) is 0 Å². The number of aromatic nitrogens is 4. The van der Waals surface area contributed by atoms with Crippen molar-refractivity contribution in [2.75, 3.05) is 5.32 Å². The lowest BCUT2D eigenvalue weighted by Gasteiger charge is -2.03. The van der Waals surface area contributed by atoms with E-state index in [4.69, 9.17) is 11.6 Å². The Balaban J connectivity index is 1.82. The number of H-pyrrole nitrogens is 1. The van der Waals surface area contributed by atoms with Crippen molar-refractivity contribution in [1.82, 2.24) is 20.0 Å². The van der Waals surface area contributed by atoms with E-state index in [0.717, 1.165) is 5.69 Å². The van der Waals surface area contributed by atoms with Crippen LogP contribution in [-0.4, -0.2) is 25.9 Å². The van der Waals surface area contributed by atoms with Gasteiger partial charge in [0.2, 0.25) is 0 Å². The number of amides is 1. The standard InChI is InChI=1S/C14H12ClN5O/c1-9-11(7-16-19-9)14(21)18-10-6-17-20(8-10)13-5-3-2-4-12(13)15/h2-8H,1H3,(H,16,19)(H,18,21). The number of nitrogens with zero attached hydrogens (tertiary/aromatic N) is 3. The molecule has 0 fully saturated rings. The summed E-state index contributed by atoms with van der Waals surface area (Å²) in [5.41, 5.74) is 2.55. The van der Waals surface area contributed by atoms with Gasteiger partial charge in [0, 0.05) is 5.69 Å². The monoisotopic (exact) mass is 301 g/mol. The smallest absolute Gasteiger partial charge is 0.259 e. The molecule has 3 aromatic rings. The Bertz CT molecular complexity index is 792. The number of aryl methyl sites for hydroxylation is 1. The van der Waals surface area contributed by atoms with E-state index in [2.05, 4.69) is 20.6 Å². The molecule has 2 aromatic heterocycles. The van der Waals surface area contributed by atoms with Gasteiger partial charge in [-0.05, 0) is 19.1 Å². The quantitative estimate of drug-likeness (QED) is 0.781. The summed E-state index contributed by atoms with van der Waals surface area (Å²) in [5.74, 6) is -0.236. The number of nitrogens with one attached hydrogen (secondary N) is 2. The zero-order chi connectivity index (χ0) is 14.8. The fourth-order valence-electron chi connectivity index (χ4n) is 1.93. The number of hydrogen-bond donors (Lipinski definition) is 2. The van der Waals surface area contributed by atoms with E-state index < -0.39 is 0 Å². The summed E-state index contributed by atoms with van der Waals surface area (Å²) >= 11 is 6.12. The molecule has 0 bridgehead atoms. The maximum atomic E-state index is 12.1. The minimum absolute atomic E-state index is 0.236. The predicted molar refractivity (Wildman–Crippen MR) is 79.9 cm³/mol. The Morgan fingerprint density at radius 2 is 2.14 bits per heavy atom. The van der Waals surface area contributed by atoms with E-state index in [9.17, 15) is 4.79 Å². The topological polar surface area (TPSA) is 75.6 Å². The van der Waals surface area contributed by atoms with Crippen LogP contribution in [0.3, 0.4) is 0 Å². The van der Waals surface area contributed by atoms with Gasteiger partial charge in [0.15, 0.2) is 0 Å². The van der Waals surface area contributed by atoms with E-state index in [1.54, 1.807) is 30.1 Å². The third-order valence-electron chi connectivity index (χ3n) is 3.01. The van der Waals surface area contributed by atoms with E-state index >= 15 is 0 Å². The van der Waals surface area contributed by atoms with Crippen LogP contribution >= 0.6 is 11.6 Å². The summed E-state index contributed by atoms with van der Waals surface area (Å²) in [6.45, 7) is 1.79. The van der Waals surface area contributed by atoms with E-state index in [0.29, 0.717) is 22.0 Å². The van der Waals surface area contributed by atoms with Crippen LogP contribution in [0.5, 0.6) is 0 Å². The van der Waals surface area contributed by atoms with Gasteiger partial charge in [0.1, 0.15) is 0 Å². The normalized spacial score (nSPS) is 10.6. The number of anilines is 1. The number of halogens is 1. The molecule has 1 aromatic carbocycles. The summed E-state index contributed by atoms with van der Waals surface area (Å²) in [6, 6.07) is 7.35. The van der Waals surface area contributed by atoms with Crippen LogP contribution in [0.4, 0.5) is 5.69 Å². The second-order valence-corrected chi connectivity index (χ2v) is 4.89. The third-order valence-corrected chi connectivity index (χ3v) is 3.33. The van der Waals surface area contributed by atoms with Crippen molar-refractivity contribution in [3.05, 3.63) is 59.1 Å². The molecule has 7 heteroatoms. The average molecular weight is 302 g/mol. The number of benzene rings is 1. The Morgan fingerprint density at radius 3 is 2.86 bits per heavy atom. The van der Waals surface area contributed by atoms with Crippen LogP contribution in [0.1, 0.15) is 16.1 Å². The molecule has 3 rings (SSSR count). The first-order valence-corrected chi connectivity index (χ1v) is 6.64. The van der Waals surface area contributed by atoms with Gasteiger partial charge in [0.05, 0.1) is 40.6 Å². The highest BCUT2D eigenvalue weighted by Gasteiger charge is 2.12. The van der Waals surface area contributed by atoms with Crippen LogP contribution in [-0.2, 0) is 0 Å². The van der Waals surface area contributed by atoms with Gasteiger partial charge in [-0.25, -0.2) is 4.68 Å². The molecule has 0 radical (unpaired) electrons. The number of hydrogen-bond acceptors (Lipinski definition) is 3. The molecular weight excluding hydrogens is 290 g/mol. The summed E-state index contributed by atoms with van der Waals surface area (Å²) in [7, 11) is 0. The molecule has 2 heterocycles. The molecule has 0 atom stereocenters. The Kier molecular flexibility index (Phi) is 3.45. The molecule has 0 aliphatic carbocycles. The van der Waals surface area contributed by atoms with Crippen LogP contribution in [0.15, 0.2) is 42.9 Å². The average Bonchev–Trinajstić information content (AvgIpc) is 3.08. The van der Waals surface area contributed by atoms with Gasteiger partial charge >= 0.3 is 0 Å². The number of aromatic amines is 1. The molecule has 0 spiro atoms. The van der Waals surface area contributed by atoms with Gasteiger partial charge in [-0.2, -0.15) is 10.2 Å². The van der Waals surface area contributed by atoms with Crippen LogP contribution in [0.2, 0.25) is 5.02 Å². The van der Waals surface area contributed by atoms with Crippen molar-refractivity contribution < 1.29 is 4.79 Å².